The van der Waals surface area contributed by atoms with Crippen molar-refractivity contribution in [3.63, 3.8) is 0 Å². The zero-order valence-corrected chi connectivity index (χ0v) is 13.7. The highest BCUT2D eigenvalue weighted by Gasteiger charge is 2.41. The molecule has 1 saturated carbocycles. The Bertz CT molecular complexity index is 693. The predicted octanol–water partition coefficient (Wildman–Crippen LogP) is 2.38. The maximum absolute atomic E-state index is 12.6. The van der Waals surface area contributed by atoms with Crippen molar-refractivity contribution < 1.29 is 9.32 Å². The summed E-state index contributed by atoms with van der Waals surface area (Å²) in [6.45, 7) is 0.750. The topological polar surface area (TPSA) is 85.2 Å². The molecule has 1 aliphatic carbocycles. The zero-order valence-electron chi connectivity index (χ0n) is 12.9. The van der Waals surface area contributed by atoms with Crippen molar-refractivity contribution >= 4 is 17.2 Å². The molecule has 4 rings (SSSR count). The summed E-state index contributed by atoms with van der Waals surface area (Å²) < 4.78 is 5.45. The first kappa shape index (κ1) is 14.8. The summed E-state index contributed by atoms with van der Waals surface area (Å²) in [5.74, 6) is 1.26. The molecule has 1 amide bonds. The van der Waals surface area contributed by atoms with Gasteiger partial charge in [0.25, 0.3) is 0 Å². The first-order valence-corrected chi connectivity index (χ1v) is 8.98. The van der Waals surface area contributed by atoms with E-state index in [-0.39, 0.29) is 11.9 Å². The second-order valence-corrected chi connectivity index (χ2v) is 7.50. The number of amides is 1. The second-order valence-electron chi connectivity index (χ2n) is 6.47. The molecule has 2 fully saturated rings. The van der Waals surface area contributed by atoms with E-state index >= 15 is 0 Å². The van der Waals surface area contributed by atoms with Crippen molar-refractivity contribution in [1.82, 2.24) is 15.0 Å². The minimum atomic E-state index is -0.424. The average molecular weight is 332 g/mol. The molecule has 1 unspecified atom stereocenters. The van der Waals surface area contributed by atoms with Crippen LogP contribution in [0.2, 0.25) is 0 Å². The molecule has 0 spiro atoms. The number of nitrogens with zero attached hydrogens (tertiary/aromatic N) is 3. The Labute approximate surface area is 138 Å². The Morgan fingerprint density at radius 3 is 3.04 bits per heavy atom. The smallest absolute Gasteiger partial charge is 0.249 e. The molecule has 1 saturated heterocycles. The maximum Gasteiger partial charge on any atom is 0.249 e. The van der Waals surface area contributed by atoms with Crippen LogP contribution < -0.4 is 5.73 Å². The normalized spacial score (nSPS) is 23.0. The van der Waals surface area contributed by atoms with Gasteiger partial charge in [-0.25, -0.2) is 0 Å². The van der Waals surface area contributed by atoms with Crippen molar-refractivity contribution in [1.29, 1.82) is 0 Å². The van der Waals surface area contributed by atoms with E-state index in [1.807, 2.05) is 22.4 Å². The zero-order chi connectivity index (χ0) is 15.9. The van der Waals surface area contributed by atoms with Gasteiger partial charge in [0.15, 0.2) is 5.82 Å². The van der Waals surface area contributed by atoms with E-state index in [0.717, 1.165) is 43.5 Å². The van der Waals surface area contributed by atoms with Gasteiger partial charge in [-0.3, -0.25) is 4.79 Å². The number of carbonyl (C=O) groups excluding carboxylic acids is 1. The molecule has 122 valence electrons. The number of thiophene rings is 1. The fourth-order valence-electron chi connectivity index (χ4n) is 3.34. The quantitative estimate of drug-likeness (QED) is 0.929. The van der Waals surface area contributed by atoms with E-state index in [1.165, 1.54) is 0 Å². The lowest BCUT2D eigenvalue weighted by Crippen LogP contribution is -2.44. The van der Waals surface area contributed by atoms with Gasteiger partial charge in [0, 0.05) is 11.4 Å². The van der Waals surface area contributed by atoms with Crippen LogP contribution in [-0.4, -0.2) is 27.5 Å². The molecule has 23 heavy (non-hydrogen) atoms. The highest BCUT2D eigenvalue weighted by atomic mass is 32.1. The molecule has 3 heterocycles. The van der Waals surface area contributed by atoms with E-state index in [0.29, 0.717) is 18.1 Å². The monoisotopic (exact) mass is 332 g/mol. The van der Waals surface area contributed by atoms with E-state index in [1.54, 1.807) is 11.3 Å². The largest absolute Gasteiger partial charge is 0.337 e. The Morgan fingerprint density at radius 1 is 1.48 bits per heavy atom. The SMILES string of the molecule is NC1(c2noc(C3CCCN3C(=O)Cc3cccs3)n2)CCC1. The summed E-state index contributed by atoms with van der Waals surface area (Å²) in [6.07, 6.45) is 5.18. The van der Waals surface area contributed by atoms with Crippen LogP contribution in [0.1, 0.15) is 54.7 Å². The fraction of sp³-hybridized carbons (Fsp3) is 0.562. The molecule has 0 bridgehead atoms. The second kappa shape index (κ2) is 5.72. The number of aromatic nitrogens is 2. The van der Waals surface area contributed by atoms with E-state index in [9.17, 15) is 4.79 Å². The summed E-state index contributed by atoms with van der Waals surface area (Å²) >= 11 is 1.61. The lowest BCUT2D eigenvalue weighted by atomic mass is 9.77. The Morgan fingerprint density at radius 2 is 2.35 bits per heavy atom. The Balaban J connectivity index is 1.50. The van der Waals surface area contributed by atoms with E-state index in [2.05, 4.69) is 10.1 Å². The van der Waals surface area contributed by atoms with Crippen molar-refractivity contribution in [2.24, 2.45) is 5.73 Å². The number of rotatable bonds is 4. The molecule has 2 aromatic heterocycles. The van der Waals surface area contributed by atoms with Gasteiger partial charge in [-0.15, -0.1) is 11.3 Å². The van der Waals surface area contributed by atoms with E-state index < -0.39 is 5.54 Å². The first-order chi connectivity index (χ1) is 11.2. The van der Waals surface area contributed by atoms with Crippen LogP contribution in [0.4, 0.5) is 0 Å². The third-order valence-electron chi connectivity index (χ3n) is 4.90. The van der Waals surface area contributed by atoms with E-state index in [4.69, 9.17) is 10.3 Å². The number of hydrogen-bond donors (Lipinski definition) is 1. The molecule has 2 aromatic rings. The fourth-order valence-corrected chi connectivity index (χ4v) is 4.04. The van der Waals surface area contributed by atoms with Crippen molar-refractivity contribution in [2.75, 3.05) is 6.54 Å². The maximum atomic E-state index is 12.6. The van der Waals surface area contributed by atoms with Gasteiger partial charge in [-0.2, -0.15) is 4.98 Å². The average Bonchev–Trinajstić information content (AvgIpc) is 3.24. The highest BCUT2D eigenvalue weighted by Crippen LogP contribution is 2.38. The first-order valence-electron chi connectivity index (χ1n) is 8.10. The van der Waals surface area contributed by atoms with Crippen LogP contribution in [0.5, 0.6) is 0 Å². The summed E-state index contributed by atoms with van der Waals surface area (Å²) in [4.78, 5) is 20.1. The molecular weight excluding hydrogens is 312 g/mol. The summed E-state index contributed by atoms with van der Waals surface area (Å²) in [6, 6.07) is 3.86. The minimum Gasteiger partial charge on any atom is -0.337 e. The molecule has 1 aliphatic heterocycles. The van der Waals surface area contributed by atoms with Gasteiger partial charge in [-0.1, -0.05) is 11.2 Å². The van der Waals surface area contributed by atoms with Gasteiger partial charge >= 0.3 is 0 Å². The van der Waals surface area contributed by atoms with Gasteiger partial charge in [-0.05, 0) is 43.6 Å². The summed E-state index contributed by atoms with van der Waals surface area (Å²) in [5.41, 5.74) is 5.83. The van der Waals surface area contributed by atoms with Gasteiger partial charge in [0.2, 0.25) is 11.8 Å². The molecule has 1 atom stereocenters. The molecule has 6 nitrogen and oxygen atoms in total. The van der Waals surface area contributed by atoms with Gasteiger partial charge in [0.1, 0.15) is 6.04 Å². The number of likely N-dealkylation sites (tertiary alicyclic amines) is 1. The standard InChI is InChI=1S/C16H20N4O2S/c17-16(6-3-7-16)15-18-14(22-19-15)12-5-1-8-20(12)13(21)10-11-4-2-9-23-11/h2,4,9,12H,1,3,5-8,10,17H2. The number of carbonyl (C=O) groups is 1. The van der Waals surface area contributed by atoms with Crippen molar-refractivity contribution in [3.05, 3.63) is 34.1 Å². The lowest BCUT2D eigenvalue weighted by molar-refractivity contribution is -0.131. The molecule has 0 aromatic carbocycles. The summed E-state index contributed by atoms with van der Waals surface area (Å²) in [5, 5.41) is 6.07. The summed E-state index contributed by atoms with van der Waals surface area (Å²) in [7, 11) is 0. The molecule has 0 radical (unpaired) electrons. The predicted molar refractivity (Wildman–Crippen MR) is 85.7 cm³/mol. The highest BCUT2D eigenvalue weighted by molar-refractivity contribution is 7.10. The number of hydrogen-bond acceptors (Lipinski definition) is 6. The number of nitrogens with two attached hydrogens (primary N) is 1. The van der Waals surface area contributed by atoms with Crippen LogP contribution in [0.15, 0.2) is 22.0 Å². The van der Waals surface area contributed by atoms with Crippen LogP contribution in [0, 0.1) is 0 Å². The molecular formula is C16H20N4O2S. The molecule has 2 N–H and O–H groups in total. The van der Waals surface area contributed by atoms with Crippen molar-refractivity contribution in [2.45, 2.75) is 50.1 Å². The third-order valence-corrected chi connectivity index (χ3v) is 5.77. The Kier molecular flexibility index (Phi) is 3.69. The van der Waals surface area contributed by atoms with Crippen LogP contribution in [0.25, 0.3) is 0 Å². The molecule has 7 heteroatoms. The van der Waals surface area contributed by atoms with Crippen LogP contribution in [0.3, 0.4) is 0 Å². The Hall–Kier alpha value is -1.73. The van der Waals surface area contributed by atoms with Crippen LogP contribution >= 0.6 is 11.3 Å². The van der Waals surface area contributed by atoms with Gasteiger partial charge in [0.05, 0.1) is 12.0 Å². The lowest BCUT2D eigenvalue weighted by Gasteiger charge is -2.34. The van der Waals surface area contributed by atoms with Crippen LogP contribution in [-0.2, 0) is 16.8 Å². The minimum absolute atomic E-state index is 0.104. The van der Waals surface area contributed by atoms with Gasteiger partial charge < -0.3 is 15.2 Å². The third kappa shape index (κ3) is 2.68. The molecule has 2 aliphatic rings. The van der Waals surface area contributed by atoms with Crippen molar-refractivity contribution in [3.8, 4) is 0 Å².